The van der Waals surface area contributed by atoms with E-state index in [9.17, 15) is 8.78 Å². The summed E-state index contributed by atoms with van der Waals surface area (Å²) in [6.45, 7) is 3.01. The quantitative estimate of drug-likeness (QED) is 0.449. The van der Waals surface area contributed by atoms with E-state index in [1.807, 2.05) is 0 Å². The highest BCUT2D eigenvalue weighted by Gasteiger charge is 2.00. The molecule has 0 unspecified atom stereocenters. The Kier molecular flexibility index (Phi) is 2.56. The summed E-state index contributed by atoms with van der Waals surface area (Å²) in [5.41, 5.74) is 0.139. The predicted octanol–water partition coefficient (Wildman–Crippen LogP) is 2.22. The van der Waals surface area contributed by atoms with E-state index in [4.69, 9.17) is 0 Å². The van der Waals surface area contributed by atoms with Crippen molar-refractivity contribution in [1.82, 2.24) is 0 Å². The molecule has 0 radical (unpaired) electrons. The van der Waals surface area contributed by atoms with Gasteiger partial charge in [-0.3, -0.25) is 0 Å². The molecule has 0 aliphatic rings. The summed E-state index contributed by atoms with van der Waals surface area (Å²) in [4.78, 5) is 0. The number of halogens is 2. The monoisotopic (exact) mass is 106 g/mol. The van der Waals surface area contributed by atoms with Gasteiger partial charge in [0, 0.05) is 0 Å². The van der Waals surface area contributed by atoms with Gasteiger partial charge in [0.2, 0.25) is 0 Å². The highest BCUT2D eigenvalue weighted by Crippen LogP contribution is 2.04. The second kappa shape index (κ2) is 2.72. The third-order valence-corrected chi connectivity index (χ3v) is 0.800. The molecule has 0 bridgehead atoms. The van der Waals surface area contributed by atoms with Gasteiger partial charge in [0.1, 0.15) is 0 Å². The maximum Gasteiger partial charge on any atom is 0.259 e. The molecule has 0 amide bonds. The molecule has 0 rings (SSSR count). The average Bonchev–Trinajstić information content (AvgIpc) is 1.65. The molecule has 0 fully saturated rings. The van der Waals surface area contributed by atoms with Crippen molar-refractivity contribution in [2.75, 3.05) is 0 Å². The minimum absolute atomic E-state index is 0.139. The largest absolute Gasteiger partial charge is 0.259 e. The van der Waals surface area contributed by atoms with Crippen LogP contribution in [0.2, 0.25) is 0 Å². The lowest BCUT2D eigenvalue weighted by atomic mass is 10.3. The Bertz CT molecular complexity index is 74.1. The average molecular weight is 106 g/mol. The fourth-order valence-electron chi connectivity index (χ4n) is 0.126. The van der Waals surface area contributed by atoms with Crippen molar-refractivity contribution in [1.29, 1.82) is 0 Å². The van der Waals surface area contributed by atoms with Gasteiger partial charge in [-0.15, -0.1) is 0 Å². The van der Waals surface area contributed by atoms with Gasteiger partial charge in [-0.2, -0.15) is 0 Å². The molecular weight excluding hydrogens is 98.1 g/mol. The fourth-order valence-corrected chi connectivity index (χ4v) is 0.126. The lowest BCUT2D eigenvalue weighted by Crippen LogP contribution is -1.89. The van der Waals surface area contributed by atoms with Crippen LogP contribution >= 0.6 is 0 Å². The molecule has 2 heteroatoms. The number of alkyl halides is 2. The molecule has 0 nitrogen and oxygen atoms in total. The number of rotatable bonds is 1. The molecule has 0 spiro atoms. The summed E-state index contributed by atoms with van der Waals surface area (Å²) in [6.07, 6.45) is -0.866. The minimum atomic E-state index is -2.27. The van der Waals surface area contributed by atoms with Crippen LogP contribution < -0.4 is 0 Å². The highest BCUT2D eigenvalue weighted by molar-refractivity contribution is 4.97. The molecule has 0 atom stereocenters. The van der Waals surface area contributed by atoms with Crippen molar-refractivity contribution in [3.63, 3.8) is 0 Å². The smallest absolute Gasteiger partial charge is 0.205 e. The first kappa shape index (κ1) is 6.60. The Morgan fingerprint density at radius 2 is 2.00 bits per heavy atom. The maximum absolute atomic E-state index is 11.4. The van der Waals surface area contributed by atoms with E-state index in [1.54, 1.807) is 6.92 Å². The maximum atomic E-state index is 11.4. The van der Waals surface area contributed by atoms with Crippen LogP contribution in [0, 0.1) is 0 Å². The summed E-state index contributed by atoms with van der Waals surface area (Å²) in [6, 6.07) is 0. The molecule has 0 saturated carbocycles. The van der Waals surface area contributed by atoms with E-state index in [-0.39, 0.29) is 5.57 Å². The van der Waals surface area contributed by atoms with Gasteiger partial charge in [-0.1, -0.05) is 6.08 Å². The van der Waals surface area contributed by atoms with Gasteiger partial charge < -0.3 is 0 Å². The van der Waals surface area contributed by atoms with E-state index in [0.717, 1.165) is 0 Å². The van der Waals surface area contributed by atoms with Gasteiger partial charge in [0.15, 0.2) is 0 Å². The van der Waals surface area contributed by atoms with Gasteiger partial charge >= 0.3 is 0 Å². The van der Waals surface area contributed by atoms with Crippen LogP contribution in [0.3, 0.4) is 0 Å². The van der Waals surface area contributed by atoms with Crippen molar-refractivity contribution in [3.8, 4) is 0 Å². The highest BCUT2D eigenvalue weighted by atomic mass is 19.3. The molecule has 0 aromatic carbocycles. The molecule has 42 valence electrons. The molecule has 0 heterocycles. The van der Waals surface area contributed by atoms with Crippen molar-refractivity contribution in [2.24, 2.45) is 0 Å². The zero-order valence-corrected chi connectivity index (χ0v) is 4.41. The standard InChI is InChI=1S/C5H8F2/c1-3-4(2)5(6)7/h3,5H,1-2H3/b4-3+. The second-order valence-electron chi connectivity index (χ2n) is 1.33. The first-order valence-corrected chi connectivity index (χ1v) is 2.09. The third-order valence-electron chi connectivity index (χ3n) is 0.800. The lowest BCUT2D eigenvalue weighted by Gasteiger charge is -1.92. The summed E-state index contributed by atoms with van der Waals surface area (Å²) >= 11 is 0. The van der Waals surface area contributed by atoms with E-state index in [1.165, 1.54) is 13.0 Å². The van der Waals surface area contributed by atoms with Crippen LogP contribution in [0.4, 0.5) is 8.78 Å². The minimum Gasteiger partial charge on any atom is -0.205 e. The zero-order valence-electron chi connectivity index (χ0n) is 4.41. The normalized spacial score (nSPS) is 13.0. The molecule has 7 heavy (non-hydrogen) atoms. The van der Waals surface area contributed by atoms with E-state index >= 15 is 0 Å². The Morgan fingerprint density at radius 3 is 2.00 bits per heavy atom. The van der Waals surface area contributed by atoms with Crippen LogP contribution in [-0.2, 0) is 0 Å². The van der Waals surface area contributed by atoms with Gasteiger partial charge in [-0.25, -0.2) is 8.78 Å². The van der Waals surface area contributed by atoms with Crippen molar-refractivity contribution in [2.45, 2.75) is 20.3 Å². The van der Waals surface area contributed by atoms with Crippen LogP contribution in [0.5, 0.6) is 0 Å². The first-order valence-electron chi connectivity index (χ1n) is 2.09. The van der Waals surface area contributed by atoms with E-state index in [0.29, 0.717) is 0 Å². The van der Waals surface area contributed by atoms with Gasteiger partial charge in [0.25, 0.3) is 6.43 Å². The number of hydrogen-bond donors (Lipinski definition) is 0. The third kappa shape index (κ3) is 2.31. The van der Waals surface area contributed by atoms with Crippen molar-refractivity contribution >= 4 is 0 Å². The van der Waals surface area contributed by atoms with Crippen LogP contribution in [-0.4, -0.2) is 6.43 Å². The lowest BCUT2D eigenvalue weighted by molar-refractivity contribution is 0.189. The van der Waals surface area contributed by atoms with Crippen LogP contribution in [0.15, 0.2) is 11.6 Å². The van der Waals surface area contributed by atoms with Crippen molar-refractivity contribution < 1.29 is 8.78 Å². The van der Waals surface area contributed by atoms with Crippen LogP contribution in [0.1, 0.15) is 13.8 Å². The Labute approximate surface area is 41.8 Å². The molecular formula is C5H8F2. The van der Waals surface area contributed by atoms with E-state index < -0.39 is 6.43 Å². The summed E-state index contributed by atoms with van der Waals surface area (Å²) in [5.74, 6) is 0. The Balaban J connectivity index is 3.56. The summed E-state index contributed by atoms with van der Waals surface area (Å²) < 4.78 is 22.7. The molecule has 0 saturated heterocycles. The number of allylic oxidation sites excluding steroid dienone is 2. The number of hydrogen-bond acceptors (Lipinski definition) is 0. The zero-order chi connectivity index (χ0) is 5.86. The van der Waals surface area contributed by atoms with Gasteiger partial charge in [-0.05, 0) is 19.4 Å². The SMILES string of the molecule is C/C=C(\C)C(F)F. The molecule has 0 aromatic heterocycles. The molecule has 0 aliphatic carbocycles. The predicted molar refractivity (Wildman–Crippen MR) is 25.4 cm³/mol. The van der Waals surface area contributed by atoms with Crippen molar-refractivity contribution in [3.05, 3.63) is 11.6 Å². The summed E-state index contributed by atoms with van der Waals surface area (Å²) in [7, 11) is 0. The first-order chi connectivity index (χ1) is 3.18. The van der Waals surface area contributed by atoms with Crippen LogP contribution in [0.25, 0.3) is 0 Å². The Morgan fingerprint density at radius 1 is 1.57 bits per heavy atom. The topological polar surface area (TPSA) is 0 Å². The molecule has 0 N–H and O–H groups in total. The summed E-state index contributed by atoms with van der Waals surface area (Å²) in [5, 5.41) is 0. The molecule has 0 aromatic rings. The molecule has 0 aliphatic heterocycles. The Hall–Kier alpha value is -0.400. The second-order valence-corrected chi connectivity index (χ2v) is 1.33. The fraction of sp³-hybridized carbons (Fsp3) is 0.600. The van der Waals surface area contributed by atoms with E-state index in [2.05, 4.69) is 0 Å². The van der Waals surface area contributed by atoms with Gasteiger partial charge in [0.05, 0.1) is 0 Å².